The van der Waals surface area contributed by atoms with Crippen molar-refractivity contribution in [3.8, 4) is 0 Å². The Kier molecular flexibility index (Phi) is 20.4. The number of hydrogen-bond donors (Lipinski definition) is 1. The molecule has 0 saturated carbocycles. The molecule has 3 heteroatoms. The summed E-state index contributed by atoms with van der Waals surface area (Å²) >= 11 is 0. The van der Waals surface area contributed by atoms with Crippen molar-refractivity contribution in [1.82, 2.24) is 0 Å². The van der Waals surface area contributed by atoms with E-state index in [0.29, 0.717) is 26.2 Å². The highest BCUT2D eigenvalue weighted by Gasteiger charge is 2.19. The Morgan fingerprint density at radius 3 is 1.44 bits per heavy atom. The summed E-state index contributed by atoms with van der Waals surface area (Å²) in [6, 6.07) is 0. The first kappa shape index (κ1) is 34.3. The van der Waals surface area contributed by atoms with Gasteiger partial charge in [-0.1, -0.05) is 69.9 Å². The van der Waals surface area contributed by atoms with Gasteiger partial charge >= 0.3 is 0 Å². The molecule has 0 aromatic heterocycles. The van der Waals surface area contributed by atoms with Crippen LogP contribution in [0.5, 0.6) is 0 Å². The Labute approximate surface area is 223 Å². The normalized spacial score (nSPS) is 14.3. The van der Waals surface area contributed by atoms with Gasteiger partial charge in [-0.2, -0.15) is 0 Å². The predicted molar refractivity (Wildman–Crippen MR) is 158 cm³/mol. The lowest BCUT2D eigenvalue weighted by molar-refractivity contribution is -0.0664. The van der Waals surface area contributed by atoms with Crippen molar-refractivity contribution < 1.29 is 14.6 Å². The van der Waals surface area contributed by atoms with Gasteiger partial charge in [0, 0.05) is 0 Å². The van der Waals surface area contributed by atoms with Crippen molar-refractivity contribution in [2.75, 3.05) is 19.8 Å². The maximum Gasteiger partial charge on any atom is 0.107 e. The fourth-order valence-corrected chi connectivity index (χ4v) is 3.52. The molecule has 0 rings (SSSR count). The zero-order valence-corrected chi connectivity index (χ0v) is 25.0. The smallest absolute Gasteiger partial charge is 0.107 e. The summed E-state index contributed by atoms with van der Waals surface area (Å²) < 4.78 is 12.0. The van der Waals surface area contributed by atoms with Gasteiger partial charge in [-0.3, -0.25) is 0 Å². The first-order valence-corrected chi connectivity index (χ1v) is 13.8. The van der Waals surface area contributed by atoms with Crippen LogP contribution >= 0.6 is 0 Å². The van der Waals surface area contributed by atoms with Gasteiger partial charge in [0.05, 0.1) is 25.9 Å². The van der Waals surface area contributed by atoms with Crippen LogP contribution in [0.25, 0.3) is 0 Å². The van der Waals surface area contributed by atoms with Crippen LogP contribution in [0.1, 0.15) is 107 Å². The summed E-state index contributed by atoms with van der Waals surface area (Å²) in [7, 11) is 0. The fourth-order valence-electron chi connectivity index (χ4n) is 3.52. The summed E-state index contributed by atoms with van der Waals surface area (Å²) in [6.07, 6.45) is 19.1. The first-order chi connectivity index (χ1) is 17.0. The monoisotopic (exact) mass is 500 g/mol. The van der Waals surface area contributed by atoms with Gasteiger partial charge in [0.15, 0.2) is 0 Å². The van der Waals surface area contributed by atoms with E-state index in [2.05, 4.69) is 98.8 Å². The number of rotatable bonds is 19. The topological polar surface area (TPSA) is 38.7 Å². The molecule has 0 aliphatic carbocycles. The summed E-state index contributed by atoms with van der Waals surface area (Å²) in [5.41, 5.74) is 8.00. The van der Waals surface area contributed by atoms with Gasteiger partial charge in [-0.05, 0) is 107 Å². The van der Waals surface area contributed by atoms with E-state index < -0.39 is 6.10 Å². The lowest BCUT2D eigenvalue weighted by atomic mass is 10.1. The highest BCUT2D eigenvalue weighted by atomic mass is 16.5. The predicted octanol–water partition coefficient (Wildman–Crippen LogP) is 9.22. The molecule has 0 saturated heterocycles. The summed E-state index contributed by atoms with van der Waals surface area (Å²) in [5, 5.41) is 10.9. The van der Waals surface area contributed by atoms with Crippen molar-refractivity contribution in [2.24, 2.45) is 0 Å². The SMILES string of the molecule is CC(C)=CCC/C(C)=C/COC[C@H](OC/C=C(\C)CCC=C(C)C)C(O)C/C=C(\C)CCC=C(C)C. The van der Waals surface area contributed by atoms with Crippen molar-refractivity contribution >= 4 is 0 Å². The Hall–Kier alpha value is -1.68. The second kappa shape index (κ2) is 21.4. The molecule has 1 N–H and O–H groups in total. The number of hydrogen-bond acceptors (Lipinski definition) is 3. The molecule has 0 aliphatic heterocycles. The second-order valence-electron chi connectivity index (χ2n) is 10.8. The Morgan fingerprint density at radius 2 is 1.00 bits per heavy atom. The van der Waals surface area contributed by atoms with Gasteiger partial charge in [-0.25, -0.2) is 0 Å². The molecular weight excluding hydrogens is 444 g/mol. The van der Waals surface area contributed by atoms with E-state index in [1.165, 1.54) is 33.4 Å². The molecule has 0 bridgehead atoms. The molecule has 0 radical (unpaired) electrons. The molecule has 0 spiro atoms. The molecule has 36 heavy (non-hydrogen) atoms. The van der Waals surface area contributed by atoms with E-state index in [-0.39, 0.29) is 6.10 Å². The molecule has 3 nitrogen and oxygen atoms in total. The van der Waals surface area contributed by atoms with Crippen molar-refractivity contribution in [2.45, 2.75) is 119 Å². The standard InChI is InChI=1S/C33H56O3/c1-26(2)13-10-16-29(7)19-20-32(34)33(36-24-22-31(9)18-12-15-28(5)6)25-35-23-21-30(8)17-11-14-27(3)4/h13-15,19,21-22,32-34H,10-12,16-18,20,23-25H2,1-9H3/b29-19+,30-21+,31-22+/t32?,33-/m0/s1. The second-order valence-corrected chi connectivity index (χ2v) is 10.8. The minimum Gasteiger partial charge on any atom is -0.390 e. The Balaban J connectivity index is 4.91. The maximum atomic E-state index is 10.9. The molecular formula is C33H56O3. The molecule has 0 aromatic rings. The molecule has 0 heterocycles. The number of ether oxygens (including phenoxy) is 2. The molecule has 206 valence electrons. The lowest BCUT2D eigenvalue weighted by Gasteiger charge is -2.22. The minimum atomic E-state index is -0.592. The molecule has 0 aromatic carbocycles. The van der Waals surface area contributed by atoms with E-state index in [0.717, 1.165) is 38.5 Å². The van der Waals surface area contributed by atoms with E-state index in [4.69, 9.17) is 9.47 Å². The molecule has 0 amide bonds. The molecule has 1 unspecified atom stereocenters. The van der Waals surface area contributed by atoms with Crippen LogP contribution in [-0.4, -0.2) is 37.1 Å². The third kappa shape index (κ3) is 21.6. The zero-order chi connectivity index (χ0) is 27.3. The van der Waals surface area contributed by atoms with Crippen molar-refractivity contribution in [1.29, 1.82) is 0 Å². The van der Waals surface area contributed by atoms with Gasteiger partial charge in [0.2, 0.25) is 0 Å². The summed E-state index contributed by atoms with van der Waals surface area (Å²) in [4.78, 5) is 0. The molecule has 0 fully saturated rings. The van der Waals surface area contributed by atoms with Crippen LogP contribution in [0.4, 0.5) is 0 Å². The van der Waals surface area contributed by atoms with Crippen molar-refractivity contribution in [3.63, 3.8) is 0 Å². The zero-order valence-electron chi connectivity index (χ0n) is 25.0. The van der Waals surface area contributed by atoms with Crippen LogP contribution in [-0.2, 0) is 9.47 Å². The average Bonchev–Trinajstić information content (AvgIpc) is 2.78. The van der Waals surface area contributed by atoms with Crippen LogP contribution in [0.2, 0.25) is 0 Å². The van der Waals surface area contributed by atoms with Crippen LogP contribution in [0, 0.1) is 0 Å². The minimum absolute atomic E-state index is 0.354. The maximum absolute atomic E-state index is 10.9. The number of aliphatic hydroxyl groups is 1. The summed E-state index contributed by atoms with van der Waals surface area (Å²) in [6.45, 7) is 20.6. The van der Waals surface area contributed by atoms with Crippen LogP contribution in [0.3, 0.4) is 0 Å². The van der Waals surface area contributed by atoms with Gasteiger partial charge in [0.1, 0.15) is 6.10 Å². The molecule has 2 atom stereocenters. The third-order valence-electron chi connectivity index (χ3n) is 5.98. The van der Waals surface area contributed by atoms with Gasteiger partial charge in [0.25, 0.3) is 0 Å². The van der Waals surface area contributed by atoms with Crippen LogP contribution < -0.4 is 0 Å². The average molecular weight is 501 g/mol. The number of aliphatic hydroxyl groups excluding tert-OH is 1. The van der Waals surface area contributed by atoms with Crippen molar-refractivity contribution in [3.05, 3.63) is 69.9 Å². The van der Waals surface area contributed by atoms with E-state index in [1.807, 2.05) is 0 Å². The van der Waals surface area contributed by atoms with Crippen LogP contribution in [0.15, 0.2) is 69.9 Å². The Bertz CT molecular complexity index is 765. The lowest BCUT2D eigenvalue weighted by Crippen LogP contribution is -2.33. The number of allylic oxidation sites excluding steroid dienone is 9. The highest BCUT2D eigenvalue weighted by Crippen LogP contribution is 2.13. The summed E-state index contributed by atoms with van der Waals surface area (Å²) in [5.74, 6) is 0. The Morgan fingerprint density at radius 1 is 0.583 bits per heavy atom. The largest absolute Gasteiger partial charge is 0.390 e. The van der Waals surface area contributed by atoms with Gasteiger partial charge in [-0.15, -0.1) is 0 Å². The highest BCUT2D eigenvalue weighted by molar-refractivity contribution is 5.05. The van der Waals surface area contributed by atoms with E-state index in [1.54, 1.807) is 0 Å². The van der Waals surface area contributed by atoms with Gasteiger partial charge < -0.3 is 14.6 Å². The fraction of sp³-hybridized carbons (Fsp3) is 0.636. The third-order valence-corrected chi connectivity index (χ3v) is 5.98. The van der Waals surface area contributed by atoms with E-state index >= 15 is 0 Å². The quantitative estimate of drug-likeness (QED) is 0.142. The molecule has 0 aliphatic rings. The first-order valence-electron chi connectivity index (χ1n) is 13.8. The van der Waals surface area contributed by atoms with E-state index in [9.17, 15) is 5.11 Å².